The second-order valence-corrected chi connectivity index (χ2v) is 4.64. The van der Waals surface area contributed by atoms with Crippen molar-refractivity contribution in [2.24, 2.45) is 5.84 Å². The van der Waals surface area contributed by atoms with Crippen LogP contribution in [0.3, 0.4) is 0 Å². The predicted molar refractivity (Wildman–Crippen MR) is 61.4 cm³/mol. The number of morpholine rings is 1. The average molecular weight is 227 g/mol. The molecule has 0 amide bonds. The lowest BCUT2D eigenvalue weighted by Crippen LogP contribution is -2.35. The lowest BCUT2D eigenvalue weighted by molar-refractivity contribution is 0.0341. The van der Waals surface area contributed by atoms with Crippen LogP contribution in [-0.2, 0) is 17.8 Å². The summed E-state index contributed by atoms with van der Waals surface area (Å²) in [5.74, 6) is 5.34. The van der Waals surface area contributed by atoms with E-state index in [0.717, 1.165) is 39.4 Å². The highest BCUT2D eigenvalue weighted by atomic mass is 32.1. The molecule has 0 aromatic carbocycles. The fraction of sp³-hybridized carbons (Fsp3) is 0.600. The van der Waals surface area contributed by atoms with Crippen molar-refractivity contribution < 1.29 is 4.74 Å². The number of nitrogens with zero attached hydrogens (tertiary/aromatic N) is 1. The fourth-order valence-electron chi connectivity index (χ4n) is 1.76. The molecule has 2 heterocycles. The van der Waals surface area contributed by atoms with Gasteiger partial charge in [-0.3, -0.25) is 16.2 Å². The summed E-state index contributed by atoms with van der Waals surface area (Å²) in [7, 11) is 0. The number of hydrogen-bond donors (Lipinski definition) is 2. The summed E-state index contributed by atoms with van der Waals surface area (Å²) in [6, 6.07) is 2.19. The normalized spacial score (nSPS) is 18.2. The fourth-order valence-corrected chi connectivity index (χ4v) is 2.60. The molecule has 4 nitrogen and oxygen atoms in total. The molecular formula is C10H17N3OS. The SMILES string of the molecule is NNCc1sccc1CN1CCOCC1. The lowest BCUT2D eigenvalue weighted by atomic mass is 10.2. The first kappa shape index (κ1) is 11.0. The van der Waals surface area contributed by atoms with E-state index in [1.807, 2.05) is 0 Å². The van der Waals surface area contributed by atoms with Crippen molar-refractivity contribution in [3.8, 4) is 0 Å². The Hall–Kier alpha value is -0.460. The van der Waals surface area contributed by atoms with Gasteiger partial charge in [0.05, 0.1) is 13.2 Å². The molecule has 1 aliphatic heterocycles. The first-order chi connectivity index (χ1) is 7.40. The number of nitrogens with two attached hydrogens (primary N) is 1. The molecule has 0 unspecified atom stereocenters. The molecule has 5 heteroatoms. The number of thiophene rings is 1. The van der Waals surface area contributed by atoms with Gasteiger partial charge in [0.25, 0.3) is 0 Å². The Morgan fingerprint density at radius 1 is 1.47 bits per heavy atom. The Bertz CT molecular complexity index is 297. The Morgan fingerprint density at radius 2 is 2.27 bits per heavy atom. The van der Waals surface area contributed by atoms with Gasteiger partial charge in [0, 0.05) is 31.1 Å². The zero-order valence-electron chi connectivity index (χ0n) is 8.74. The van der Waals surface area contributed by atoms with Gasteiger partial charge in [-0.25, -0.2) is 0 Å². The van der Waals surface area contributed by atoms with E-state index in [2.05, 4.69) is 21.8 Å². The van der Waals surface area contributed by atoms with E-state index in [9.17, 15) is 0 Å². The van der Waals surface area contributed by atoms with E-state index in [-0.39, 0.29) is 0 Å². The molecule has 84 valence electrons. The Labute approximate surface area is 94.0 Å². The maximum Gasteiger partial charge on any atom is 0.0594 e. The largest absolute Gasteiger partial charge is 0.379 e. The molecule has 0 radical (unpaired) electrons. The van der Waals surface area contributed by atoms with Gasteiger partial charge >= 0.3 is 0 Å². The van der Waals surface area contributed by atoms with Gasteiger partial charge in [-0.2, -0.15) is 0 Å². The van der Waals surface area contributed by atoms with Crippen LogP contribution < -0.4 is 11.3 Å². The van der Waals surface area contributed by atoms with Crippen LogP contribution in [0.2, 0.25) is 0 Å². The van der Waals surface area contributed by atoms with Crippen LogP contribution >= 0.6 is 11.3 Å². The molecular weight excluding hydrogens is 210 g/mol. The molecule has 0 saturated carbocycles. The van der Waals surface area contributed by atoms with Crippen molar-refractivity contribution >= 4 is 11.3 Å². The van der Waals surface area contributed by atoms with Crippen molar-refractivity contribution in [2.75, 3.05) is 26.3 Å². The van der Waals surface area contributed by atoms with Gasteiger partial charge < -0.3 is 4.74 Å². The molecule has 2 rings (SSSR count). The number of hydrogen-bond acceptors (Lipinski definition) is 5. The first-order valence-electron chi connectivity index (χ1n) is 5.19. The van der Waals surface area contributed by atoms with E-state index in [1.54, 1.807) is 11.3 Å². The number of rotatable bonds is 4. The van der Waals surface area contributed by atoms with Crippen molar-refractivity contribution in [1.82, 2.24) is 10.3 Å². The molecule has 1 aliphatic rings. The second kappa shape index (κ2) is 5.58. The first-order valence-corrected chi connectivity index (χ1v) is 6.07. The Balaban J connectivity index is 1.93. The zero-order chi connectivity index (χ0) is 10.5. The number of nitrogens with one attached hydrogen (secondary N) is 1. The summed E-state index contributed by atoms with van der Waals surface area (Å²) < 4.78 is 5.33. The van der Waals surface area contributed by atoms with Crippen LogP contribution in [0.4, 0.5) is 0 Å². The summed E-state index contributed by atoms with van der Waals surface area (Å²) in [5.41, 5.74) is 4.10. The molecule has 0 bridgehead atoms. The summed E-state index contributed by atoms with van der Waals surface area (Å²) in [6.45, 7) is 5.56. The van der Waals surface area contributed by atoms with E-state index >= 15 is 0 Å². The maximum atomic E-state index is 5.34. The Kier molecular flexibility index (Phi) is 4.10. The topological polar surface area (TPSA) is 50.5 Å². The molecule has 3 N–H and O–H groups in total. The van der Waals surface area contributed by atoms with Crippen molar-refractivity contribution in [1.29, 1.82) is 0 Å². The zero-order valence-corrected chi connectivity index (χ0v) is 9.55. The van der Waals surface area contributed by atoms with E-state index in [1.165, 1.54) is 10.4 Å². The van der Waals surface area contributed by atoms with Gasteiger partial charge in [-0.15, -0.1) is 11.3 Å². The highest BCUT2D eigenvalue weighted by Crippen LogP contribution is 2.18. The number of hydrazine groups is 1. The number of ether oxygens (including phenoxy) is 1. The van der Waals surface area contributed by atoms with Crippen LogP contribution in [0.15, 0.2) is 11.4 Å². The van der Waals surface area contributed by atoms with E-state index < -0.39 is 0 Å². The quantitative estimate of drug-likeness (QED) is 0.582. The summed E-state index contributed by atoms with van der Waals surface area (Å²) in [5, 5.41) is 2.13. The van der Waals surface area contributed by atoms with Crippen LogP contribution in [0, 0.1) is 0 Å². The van der Waals surface area contributed by atoms with Gasteiger partial charge in [0.1, 0.15) is 0 Å². The molecule has 1 saturated heterocycles. The van der Waals surface area contributed by atoms with Crippen molar-refractivity contribution in [2.45, 2.75) is 13.1 Å². The highest BCUT2D eigenvalue weighted by Gasteiger charge is 2.13. The third-order valence-corrected chi connectivity index (χ3v) is 3.56. The third kappa shape index (κ3) is 2.99. The standard InChI is InChI=1S/C10H17N3OS/c11-12-7-10-9(1-6-15-10)8-13-2-4-14-5-3-13/h1,6,12H,2-5,7-8,11H2. The molecule has 1 aromatic heterocycles. The molecule has 15 heavy (non-hydrogen) atoms. The predicted octanol–water partition coefficient (Wildman–Crippen LogP) is 0.544. The minimum Gasteiger partial charge on any atom is -0.379 e. The second-order valence-electron chi connectivity index (χ2n) is 3.64. The van der Waals surface area contributed by atoms with Gasteiger partial charge in [0.2, 0.25) is 0 Å². The van der Waals surface area contributed by atoms with E-state index in [4.69, 9.17) is 10.6 Å². The average Bonchev–Trinajstić information content (AvgIpc) is 2.68. The van der Waals surface area contributed by atoms with Crippen molar-refractivity contribution in [3.63, 3.8) is 0 Å². The summed E-state index contributed by atoms with van der Waals surface area (Å²) in [4.78, 5) is 3.76. The molecule has 0 aliphatic carbocycles. The monoisotopic (exact) mass is 227 g/mol. The molecule has 1 fully saturated rings. The lowest BCUT2D eigenvalue weighted by Gasteiger charge is -2.26. The highest BCUT2D eigenvalue weighted by molar-refractivity contribution is 7.10. The van der Waals surface area contributed by atoms with Gasteiger partial charge in [-0.1, -0.05) is 0 Å². The molecule has 0 spiro atoms. The molecule has 1 aromatic rings. The smallest absolute Gasteiger partial charge is 0.0594 e. The van der Waals surface area contributed by atoms with Gasteiger partial charge in [0.15, 0.2) is 0 Å². The van der Waals surface area contributed by atoms with Gasteiger partial charge in [-0.05, 0) is 17.0 Å². The maximum absolute atomic E-state index is 5.34. The third-order valence-electron chi connectivity index (χ3n) is 2.60. The van der Waals surface area contributed by atoms with Crippen LogP contribution in [0.25, 0.3) is 0 Å². The van der Waals surface area contributed by atoms with Crippen LogP contribution in [0.1, 0.15) is 10.4 Å². The van der Waals surface area contributed by atoms with Crippen LogP contribution in [-0.4, -0.2) is 31.2 Å². The van der Waals surface area contributed by atoms with Crippen molar-refractivity contribution in [3.05, 3.63) is 21.9 Å². The van der Waals surface area contributed by atoms with Crippen LogP contribution in [0.5, 0.6) is 0 Å². The van der Waals surface area contributed by atoms with E-state index in [0.29, 0.717) is 0 Å². The minimum absolute atomic E-state index is 0.761. The Morgan fingerprint density at radius 3 is 3.00 bits per heavy atom. The minimum atomic E-state index is 0.761. The molecule has 0 atom stereocenters. The summed E-state index contributed by atoms with van der Waals surface area (Å²) >= 11 is 1.76. The summed E-state index contributed by atoms with van der Waals surface area (Å²) in [6.07, 6.45) is 0.